The number of hydrogen-bond donors (Lipinski definition) is 1. The fourth-order valence-corrected chi connectivity index (χ4v) is 1.09. The Morgan fingerprint density at radius 3 is 1.82 bits per heavy atom. The third kappa shape index (κ3) is 5.85. The summed E-state index contributed by atoms with van der Waals surface area (Å²) in [4.78, 5) is 10.5. The van der Waals surface area contributed by atoms with Gasteiger partial charge >= 0.3 is 5.97 Å². The maximum atomic E-state index is 10.5. The minimum absolute atomic E-state index is 0. The number of aliphatic carboxylic acids is 1. The number of carboxylic acid groups (broad SMARTS) is 1. The van der Waals surface area contributed by atoms with Crippen molar-refractivity contribution >= 4 is 5.97 Å². The summed E-state index contributed by atoms with van der Waals surface area (Å²) < 4.78 is 0. The van der Waals surface area contributed by atoms with Gasteiger partial charge in [-0.25, -0.2) is 0 Å². The monoisotopic (exact) mass is 162 g/mol. The zero-order valence-corrected chi connectivity index (χ0v) is 7.26. The molecule has 0 fully saturated rings. The van der Waals surface area contributed by atoms with Gasteiger partial charge in [0, 0.05) is 0 Å². The van der Waals surface area contributed by atoms with Gasteiger partial charge in [-0.2, -0.15) is 0 Å². The predicted molar refractivity (Wildman–Crippen MR) is 44.6 cm³/mol. The van der Waals surface area contributed by atoms with Gasteiger partial charge in [-0.15, -0.1) is 0 Å². The van der Waals surface area contributed by atoms with E-state index in [1.54, 1.807) is 0 Å². The average molecular weight is 162 g/mol. The van der Waals surface area contributed by atoms with Crippen LogP contribution in [-0.4, -0.2) is 16.6 Å². The Kier molecular flexibility index (Phi) is 8.94. The molecule has 0 aliphatic rings. The third-order valence-corrected chi connectivity index (χ3v) is 1.62. The smallest absolute Gasteiger partial charge is 0.306 e. The Labute approximate surface area is 67.7 Å². The average Bonchev–Trinajstić information content (AvgIpc) is 1.87. The summed E-state index contributed by atoms with van der Waals surface area (Å²) in [5, 5.41) is 8.64. The molecule has 0 amide bonds. The Morgan fingerprint density at radius 2 is 1.64 bits per heavy atom. The predicted octanol–water partition coefficient (Wildman–Crippen LogP) is 1.46. The van der Waals surface area contributed by atoms with Crippen LogP contribution in [0.2, 0.25) is 0 Å². The summed E-state index contributed by atoms with van der Waals surface area (Å²) in [7, 11) is 0. The second-order valence-corrected chi connectivity index (χ2v) is 2.61. The maximum Gasteiger partial charge on any atom is 0.306 e. The number of carbonyl (C=O) groups is 1. The first-order valence-corrected chi connectivity index (χ1v) is 3.95. The Bertz CT molecular complexity index is 95.5. The van der Waals surface area contributed by atoms with E-state index in [0.717, 1.165) is 25.7 Å². The van der Waals surface area contributed by atoms with Crippen LogP contribution < -0.4 is 0 Å². The van der Waals surface area contributed by atoms with Crippen molar-refractivity contribution in [2.24, 2.45) is 5.92 Å². The quantitative estimate of drug-likeness (QED) is 0.665. The molecule has 0 aromatic carbocycles. The van der Waals surface area contributed by atoms with E-state index in [1.807, 2.05) is 13.8 Å². The highest BCUT2D eigenvalue weighted by molar-refractivity contribution is 5.69. The van der Waals surface area contributed by atoms with E-state index < -0.39 is 5.97 Å². The van der Waals surface area contributed by atoms with Crippen LogP contribution in [0.4, 0.5) is 0 Å². The zero-order chi connectivity index (χ0) is 7.98. The van der Waals surface area contributed by atoms with Crippen LogP contribution in [0.25, 0.3) is 0 Å². The molecule has 3 heteroatoms. The van der Waals surface area contributed by atoms with Gasteiger partial charge in [0.25, 0.3) is 0 Å². The van der Waals surface area contributed by atoms with Gasteiger partial charge < -0.3 is 10.6 Å². The van der Waals surface area contributed by atoms with Crippen LogP contribution in [0.3, 0.4) is 0 Å². The molecular weight excluding hydrogens is 144 g/mol. The van der Waals surface area contributed by atoms with Crippen LogP contribution in [-0.2, 0) is 4.79 Å². The minimum Gasteiger partial charge on any atom is -0.481 e. The molecule has 3 nitrogen and oxygen atoms in total. The second-order valence-electron chi connectivity index (χ2n) is 2.61. The lowest BCUT2D eigenvalue weighted by molar-refractivity contribution is -0.142. The Morgan fingerprint density at radius 1 is 1.27 bits per heavy atom. The molecule has 0 radical (unpaired) electrons. The molecule has 0 aliphatic heterocycles. The van der Waals surface area contributed by atoms with Crippen molar-refractivity contribution in [1.82, 2.24) is 0 Å². The molecular formula is C8H18O3. The van der Waals surface area contributed by atoms with Gasteiger partial charge in [0.05, 0.1) is 5.92 Å². The summed E-state index contributed by atoms with van der Waals surface area (Å²) in [6.45, 7) is 4.04. The standard InChI is InChI=1S/C8H16O2.H2O/c1-3-5-7(6-4-2)8(9)10;/h7H,3-6H2,1-2H3,(H,9,10);1H2. The van der Waals surface area contributed by atoms with Crippen molar-refractivity contribution in [1.29, 1.82) is 0 Å². The molecule has 0 saturated carbocycles. The lowest BCUT2D eigenvalue weighted by Crippen LogP contribution is -2.12. The van der Waals surface area contributed by atoms with Crippen LogP contribution in [0.5, 0.6) is 0 Å². The number of hydrogen-bond acceptors (Lipinski definition) is 1. The van der Waals surface area contributed by atoms with E-state index >= 15 is 0 Å². The van der Waals surface area contributed by atoms with Gasteiger partial charge in [0.2, 0.25) is 0 Å². The molecule has 0 aromatic heterocycles. The molecule has 3 N–H and O–H groups in total. The minimum atomic E-state index is -0.635. The van der Waals surface area contributed by atoms with Gasteiger partial charge in [0.15, 0.2) is 0 Å². The molecule has 68 valence electrons. The zero-order valence-electron chi connectivity index (χ0n) is 7.26. The van der Waals surface area contributed by atoms with Crippen LogP contribution in [0.1, 0.15) is 39.5 Å². The molecule has 0 spiro atoms. The van der Waals surface area contributed by atoms with Crippen LogP contribution in [0.15, 0.2) is 0 Å². The summed E-state index contributed by atoms with van der Waals surface area (Å²) >= 11 is 0. The van der Waals surface area contributed by atoms with E-state index in [-0.39, 0.29) is 11.4 Å². The molecule has 11 heavy (non-hydrogen) atoms. The van der Waals surface area contributed by atoms with E-state index in [9.17, 15) is 4.79 Å². The number of carboxylic acids is 1. The van der Waals surface area contributed by atoms with Crippen molar-refractivity contribution in [3.05, 3.63) is 0 Å². The number of rotatable bonds is 5. The van der Waals surface area contributed by atoms with Crippen molar-refractivity contribution in [2.75, 3.05) is 0 Å². The van der Waals surface area contributed by atoms with Gasteiger partial charge in [-0.3, -0.25) is 4.79 Å². The lowest BCUT2D eigenvalue weighted by Gasteiger charge is -2.07. The van der Waals surface area contributed by atoms with E-state index in [0.29, 0.717) is 0 Å². The van der Waals surface area contributed by atoms with Crippen molar-refractivity contribution in [2.45, 2.75) is 39.5 Å². The van der Waals surface area contributed by atoms with Crippen molar-refractivity contribution < 1.29 is 15.4 Å². The highest BCUT2D eigenvalue weighted by Gasteiger charge is 2.13. The van der Waals surface area contributed by atoms with E-state index in [2.05, 4.69) is 0 Å². The summed E-state index contributed by atoms with van der Waals surface area (Å²) in [6.07, 6.45) is 3.58. The normalized spacial score (nSPS) is 9.36. The first-order valence-electron chi connectivity index (χ1n) is 3.95. The summed E-state index contributed by atoms with van der Waals surface area (Å²) in [5.41, 5.74) is 0. The lowest BCUT2D eigenvalue weighted by atomic mass is 9.99. The highest BCUT2D eigenvalue weighted by Crippen LogP contribution is 2.12. The molecule has 0 unspecified atom stereocenters. The summed E-state index contributed by atoms with van der Waals surface area (Å²) in [5.74, 6) is -0.737. The molecule has 0 atom stereocenters. The topological polar surface area (TPSA) is 68.8 Å². The largest absolute Gasteiger partial charge is 0.481 e. The molecule has 0 bridgehead atoms. The van der Waals surface area contributed by atoms with Crippen LogP contribution >= 0.6 is 0 Å². The van der Waals surface area contributed by atoms with E-state index in [4.69, 9.17) is 5.11 Å². The van der Waals surface area contributed by atoms with Crippen molar-refractivity contribution in [3.8, 4) is 0 Å². The highest BCUT2D eigenvalue weighted by atomic mass is 16.4. The van der Waals surface area contributed by atoms with Gasteiger partial charge in [0.1, 0.15) is 0 Å². The third-order valence-electron chi connectivity index (χ3n) is 1.62. The summed E-state index contributed by atoms with van der Waals surface area (Å²) in [6, 6.07) is 0. The maximum absolute atomic E-state index is 10.5. The Balaban J connectivity index is 0. The fourth-order valence-electron chi connectivity index (χ4n) is 1.09. The first-order chi connectivity index (χ1) is 4.72. The SMILES string of the molecule is CCCC(CCC)C(=O)O.O. The van der Waals surface area contributed by atoms with Crippen LogP contribution in [0, 0.1) is 5.92 Å². The molecule has 0 aromatic rings. The van der Waals surface area contributed by atoms with Gasteiger partial charge in [-0.05, 0) is 12.8 Å². The van der Waals surface area contributed by atoms with Crippen molar-refractivity contribution in [3.63, 3.8) is 0 Å². The molecule has 0 aliphatic carbocycles. The molecule has 0 rings (SSSR count). The molecule has 0 heterocycles. The van der Waals surface area contributed by atoms with E-state index in [1.165, 1.54) is 0 Å². The fraction of sp³-hybridized carbons (Fsp3) is 0.875. The first kappa shape index (κ1) is 13.1. The molecule has 0 saturated heterocycles. The van der Waals surface area contributed by atoms with Gasteiger partial charge in [-0.1, -0.05) is 26.7 Å². The Hall–Kier alpha value is -0.570. The second kappa shape index (κ2) is 7.54.